The molecule has 5 nitrogen and oxygen atoms in total. The van der Waals surface area contributed by atoms with Crippen LogP contribution in [0.5, 0.6) is 5.75 Å². The Morgan fingerprint density at radius 1 is 1.04 bits per heavy atom. The molecule has 0 saturated carbocycles. The molecule has 3 rings (SSSR count). The van der Waals surface area contributed by atoms with Crippen molar-refractivity contribution in [2.45, 2.75) is 13.5 Å². The first-order valence-corrected chi connectivity index (χ1v) is 7.32. The Morgan fingerprint density at radius 2 is 1.70 bits per heavy atom. The van der Waals surface area contributed by atoms with Gasteiger partial charge in [0, 0.05) is 12.1 Å². The standard InChI is InChI=1S/C18H17N3O2/c1-12-17(21-15-9-5-4-8-14(15)20-12)18(22)19-11-13-7-3-6-10-16(13)23-2/h3-10H,11H2,1-2H3,(H,19,22). The molecule has 0 radical (unpaired) electrons. The fraction of sp³-hybridized carbons (Fsp3) is 0.167. The van der Waals surface area contributed by atoms with Gasteiger partial charge in [0.05, 0.1) is 23.8 Å². The second kappa shape index (κ2) is 6.44. The number of aromatic nitrogens is 2. The number of carbonyl (C=O) groups excluding carboxylic acids is 1. The fourth-order valence-corrected chi connectivity index (χ4v) is 2.41. The van der Waals surface area contributed by atoms with Gasteiger partial charge < -0.3 is 10.1 Å². The van der Waals surface area contributed by atoms with E-state index in [-0.39, 0.29) is 5.91 Å². The first kappa shape index (κ1) is 15.0. The molecule has 0 fully saturated rings. The van der Waals surface area contributed by atoms with Crippen molar-refractivity contribution in [3.8, 4) is 5.75 Å². The molecule has 1 heterocycles. The van der Waals surface area contributed by atoms with Crippen molar-refractivity contribution in [3.63, 3.8) is 0 Å². The van der Waals surface area contributed by atoms with Gasteiger partial charge in [0.2, 0.25) is 0 Å². The molecule has 0 unspecified atom stereocenters. The van der Waals surface area contributed by atoms with Gasteiger partial charge in [0.25, 0.3) is 5.91 Å². The van der Waals surface area contributed by atoms with Gasteiger partial charge in [-0.2, -0.15) is 0 Å². The predicted octanol–water partition coefficient (Wildman–Crippen LogP) is 2.88. The highest BCUT2D eigenvalue weighted by atomic mass is 16.5. The number of ether oxygens (including phenoxy) is 1. The smallest absolute Gasteiger partial charge is 0.272 e. The zero-order chi connectivity index (χ0) is 16.2. The Kier molecular flexibility index (Phi) is 4.19. The lowest BCUT2D eigenvalue weighted by Gasteiger charge is -2.10. The molecule has 23 heavy (non-hydrogen) atoms. The van der Waals surface area contributed by atoms with Crippen LogP contribution in [0.3, 0.4) is 0 Å². The van der Waals surface area contributed by atoms with Gasteiger partial charge in [0.15, 0.2) is 0 Å². The number of nitrogens with one attached hydrogen (secondary N) is 1. The molecule has 3 aromatic rings. The van der Waals surface area contributed by atoms with Gasteiger partial charge in [0.1, 0.15) is 11.4 Å². The van der Waals surface area contributed by atoms with E-state index in [2.05, 4.69) is 15.3 Å². The van der Waals surface area contributed by atoms with Crippen LogP contribution in [-0.4, -0.2) is 23.0 Å². The van der Waals surface area contributed by atoms with Gasteiger partial charge in [-0.15, -0.1) is 0 Å². The van der Waals surface area contributed by atoms with Crippen LogP contribution < -0.4 is 10.1 Å². The van der Waals surface area contributed by atoms with Gasteiger partial charge in [-0.1, -0.05) is 30.3 Å². The molecule has 0 atom stereocenters. The summed E-state index contributed by atoms with van der Waals surface area (Å²) in [5, 5.41) is 2.87. The number of amides is 1. The minimum Gasteiger partial charge on any atom is -0.496 e. The summed E-state index contributed by atoms with van der Waals surface area (Å²) in [5.74, 6) is 0.501. The number of carbonyl (C=O) groups is 1. The van der Waals surface area contributed by atoms with Crippen molar-refractivity contribution in [2.75, 3.05) is 7.11 Å². The first-order valence-electron chi connectivity index (χ1n) is 7.32. The zero-order valence-corrected chi connectivity index (χ0v) is 13.0. The number of aryl methyl sites for hydroxylation is 1. The number of para-hydroxylation sites is 3. The van der Waals surface area contributed by atoms with Crippen molar-refractivity contribution in [1.82, 2.24) is 15.3 Å². The first-order chi connectivity index (χ1) is 11.2. The molecule has 0 spiro atoms. The third-order valence-corrected chi connectivity index (χ3v) is 3.59. The Morgan fingerprint density at radius 3 is 2.43 bits per heavy atom. The molecule has 1 aromatic heterocycles. The van der Waals surface area contributed by atoms with E-state index in [1.54, 1.807) is 14.0 Å². The summed E-state index contributed by atoms with van der Waals surface area (Å²) in [6, 6.07) is 15.1. The average molecular weight is 307 g/mol. The van der Waals surface area contributed by atoms with Crippen molar-refractivity contribution >= 4 is 16.9 Å². The summed E-state index contributed by atoms with van der Waals surface area (Å²) in [6.07, 6.45) is 0. The van der Waals surface area contributed by atoms with Crippen LogP contribution in [0.25, 0.3) is 11.0 Å². The van der Waals surface area contributed by atoms with Gasteiger partial charge in [-0.05, 0) is 25.1 Å². The Labute approximate surface area is 134 Å². The van der Waals surface area contributed by atoms with E-state index in [0.29, 0.717) is 23.4 Å². The summed E-state index contributed by atoms with van der Waals surface area (Å²) in [7, 11) is 1.61. The normalized spacial score (nSPS) is 10.5. The Bertz CT molecular complexity index is 862. The van der Waals surface area contributed by atoms with E-state index in [1.165, 1.54) is 0 Å². The molecule has 0 aliphatic heterocycles. The lowest BCUT2D eigenvalue weighted by Crippen LogP contribution is -2.25. The average Bonchev–Trinajstić information content (AvgIpc) is 2.59. The van der Waals surface area contributed by atoms with E-state index >= 15 is 0 Å². The van der Waals surface area contributed by atoms with E-state index in [9.17, 15) is 4.79 Å². The van der Waals surface area contributed by atoms with Gasteiger partial charge in [-0.3, -0.25) is 4.79 Å². The summed E-state index contributed by atoms with van der Waals surface area (Å²) in [4.78, 5) is 21.3. The topological polar surface area (TPSA) is 64.1 Å². The molecular weight excluding hydrogens is 290 g/mol. The molecule has 2 aromatic carbocycles. The fourth-order valence-electron chi connectivity index (χ4n) is 2.41. The quantitative estimate of drug-likeness (QED) is 0.805. The largest absolute Gasteiger partial charge is 0.496 e. The van der Waals surface area contributed by atoms with Crippen molar-refractivity contribution in [3.05, 3.63) is 65.5 Å². The summed E-state index contributed by atoms with van der Waals surface area (Å²) in [6.45, 7) is 2.16. The second-order valence-electron chi connectivity index (χ2n) is 5.14. The molecule has 116 valence electrons. The van der Waals surface area contributed by atoms with Crippen LogP contribution in [-0.2, 0) is 6.54 Å². The summed E-state index contributed by atoms with van der Waals surface area (Å²) >= 11 is 0. The number of fused-ring (bicyclic) bond motifs is 1. The zero-order valence-electron chi connectivity index (χ0n) is 13.0. The molecule has 1 amide bonds. The highest BCUT2D eigenvalue weighted by molar-refractivity contribution is 5.95. The molecule has 1 N–H and O–H groups in total. The predicted molar refractivity (Wildman–Crippen MR) is 88.4 cm³/mol. The van der Waals surface area contributed by atoms with Crippen LogP contribution >= 0.6 is 0 Å². The molecule has 5 heteroatoms. The molecule has 0 aliphatic rings. The number of rotatable bonds is 4. The van der Waals surface area contributed by atoms with Crippen LogP contribution in [0.2, 0.25) is 0 Å². The summed E-state index contributed by atoms with van der Waals surface area (Å²) < 4.78 is 5.29. The third-order valence-electron chi connectivity index (χ3n) is 3.59. The number of methoxy groups -OCH3 is 1. The third kappa shape index (κ3) is 3.13. The minimum absolute atomic E-state index is 0.244. The van der Waals surface area contributed by atoms with Crippen molar-refractivity contribution < 1.29 is 9.53 Å². The highest BCUT2D eigenvalue weighted by Gasteiger charge is 2.14. The number of nitrogens with zero attached hydrogens (tertiary/aromatic N) is 2. The molecule has 0 aliphatic carbocycles. The SMILES string of the molecule is COc1ccccc1CNC(=O)c1nc2ccccc2nc1C. The van der Waals surface area contributed by atoms with Gasteiger partial charge >= 0.3 is 0 Å². The second-order valence-corrected chi connectivity index (χ2v) is 5.14. The van der Waals surface area contributed by atoms with E-state index < -0.39 is 0 Å². The molecule has 0 saturated heterocycles. The van der Waals surface area contributed by atoms with E-state index in [1.807, 2.05) is 48.5 Å². The summed E-state index contributed by atoms with van der Waals surface area (Å²) in [5.41, 5.74) is 3.36. The van der Waals surface area contributed by atoms with Crippen molar-refractivity contribution in [2.24, 2.45) is 0 Å². The van der Waals surface area contributed by atoms with Crippen molar-refractivity contribution in [1.29, 1.82) is 0 Å². The van der Waals surface area contributed by atoms with Crippen LogP contribution in [0.4, 0.5) is 0 Å². The Hall–Kier alpha value is -2.95. The van der Waals surface area contributed by atoms with Gasteiger partial charge in [-0.25, -0.2) is 9.97 Å². The number of benzene rings is 2. The molecule has 0 bridgehead atoms. The van der Waals surface area contributed by atoms with E-state index in [0.717, 1.165) is 16.8 Å². The highest BCUT2D eigenvalue weighted by Crippen LogP contribution is 2.17. The lowest BCUT2D eigenvalue weighted by atomic mass is 10.2. The van der Waals surface area contributed by atoms with Crippen LogP contribution in [0, 0.1) is 6.92 Å². The number of hydrogen-bond acceptors (Lipinski definition) is 4. The number of hydrogen-bond donors (Lipinski definition) is 1. The monoisotopic (exact) mass is 307 g/mol. The Balaban J connectivity index is 1.82. The van der Waals surface area contributed by atoms with Crippen LogP contribution in [0.1, 0.15) is 21.7 Å². The maximum Gasteiger partial charge on any atom is 0.272 e. The minimum atomic E-state index is -0.244. The van der Waals surface area contributed by atoms with Crippen LogP contribution in [0.15, 0.2) is 48.5 Å². The maximum atomic E-state index is 12.4. The molecular formula is C18H17N3O2. The maximum absolute atomic E-state index is 12.4. The lowest BCUT2D eigenvalue weighted by molar-refractivity contribution is 0.0945. The van der Waals surface area contributed by atoms with E-state index in [4.69, 9.17) is 4.74 Å².